The van der Waals surface area contributed by atoms with Crippen molar-refractivity contribution in [1.29, 1.82) is 0 Å². The summed E-state index contributed by atoms with van der Waals surface area (Å²) in [6.07, 6.45) is 5.01. The van der Waals surface area contributed by atoms with Crippen LogP contribution in [0.4, 0.5) is 0 Å². The van der Waals surface area contributed by atoms with Crippen LogP contribution in [0.3, 0.4) is 0 Å². The van der Waals surface area contributed by atoms with E-state index >= 15 is 0 Å². The lowest BCUT2D eigenvalue weighted by atomic mass is 10.3. The lowest BCUT2D eigenvalue weighted by molar-refractivity contribution is -0.124. The van der Waals surface area contributed by atoms with Gasteiger partial charge >= 0.3 is 0 Å². The van der Waals surface area contributed by atoms with Gasteiger partial charge < -0.3 is 10.6 Å². The monoisotopic (exact) mass is 224 g/mol. The Balaban J connectivity index is 2.25. The van der Waals surface area contributed by atoms with Crippen LogP contribution >= 0.6 is 12.6 Å². The molecule has 80 valence electrons. The smallest absolute Gasteiger partial charge is 0.259 e. The highest BCUT2D eigenvalue weighted by Gasteiger charge is 2.08. The molecule has 1 rings (SSSR count). The lowest BCUT2D eigenvalue weighted by Crippen LogP contribution is -2.37. The molecule has 0 aromatic carbocycles. The first-order valence-corrected chi connectivity index (χ1v) is 5.16. The van der Waals surface area contributed by atoms with Crippen molar-refractivity contribution in [3.8, 4) is 0 Å². The van der Waals surface area contributed by atoms with Crippen molar-refractivity contribution < 1.29 is 9.59 Å². The van der Waals surface area contributed by atoms with Gasteiger partial charge in [0.1, 0.15) is 0 Å². The molecular formula is C10H12N2O2S. The molecule has 5 heteroatoms. The Morgan fingerprint density at radius 2 is 2.20 bits per heavy atom. The molecule has 0 saturated carbocycles. The van der Waals surface area contributed by atoms with E-state index in [0.29, 0.717) is 17.9 Å². The van der Waals surface area contributed by atoms with Gasteiger partial charge in [0.25, 0.3) is 5.91 Å². The van der Waals surface area contributed by atoms with Crippen molar-refractivity contribution in [2.24, 2.45) is 0 Å². The van der Waals surface area contributed by atoms with Crippen molar-refractivity contribution in [1.82, 2.24) is 10.6 Å². The number of carbonyl (C=O) groups is 2. The zero-order valence-electron chi connectivity index (χ0n) is 8.12. The second-order valence-corrected chi connectivity index (χ2v) is 3.29. The summed E-state index contributed by atoms with van der Waals surface area (Å²) in [6, 6.07) is 0. The van der Waals surface area contributed by atoms with E-state index in [0.717, 1.165) is 0 Å². The summed E-state index contributed by atoms with van der Waals surface area (Å²) < 4.78 is 0. The third kappa shape index (κ3) is 4.06. The first-order valence-electron chi connectivity index (χ1n) is 4.53. The molecule has 0 unspecified atom stereocenters. The molecule has 15 heavy (non-hydrogen) atoms. The number of thiol groups is 1. The van der Waals surface area contributed by atoms with Crippen LogP contribution in [0.1, 0.15) is 0 Å². The standard InChI is InChI=1S/C10H12N2O2S/c13-9(11-5-6-15)7-12-10(14)8-3-1-2-4-8/h1-3,15H,5-7H2,(H,11,13)(H,12,14). The van der Waals surface area contributed by atoms with Crippen molar-refractivity contribution in [3.63, 3.8) is 0 Å². The SMILES string of the molecule is O=C(CNC(=O)C1=C=CC=C1)NCCS. The lowest BCUT2D eigenvalue weighted by Gasteiger charge is -2.04. The summed E-state index contributed by atoms with van der Waals surface area (Å²) in [5.74, 6) is 0.0704. The van der Waals surface area contributed by atoms with E-state index in [2.05, 4.69) is 29.0 Å². The molecule has 2 amide bonds. The number of carbonyl (C=O) groups excluding carboxylic acids is 2. The fraction of sp³-hybridized carbons (Fsp3) is 0.300. The van der Waals surface area contributed by atoms with E-state index in [1.807, 2.05) is 0 Å². The maximum atomic E-state index is 11.3. The summed E-state index contributed by atoms with van der Waals surface area (Å²) in [7, 11) is 0. The number of hydrogen-bond donors (Lipinski definition) is 3. The zero-order valence-corrected chi connectivity index (χ0v) is 9.01. The molecule has 4 nitrogen and oxygen atoms in total. The normalized spacial score (nSPS) is 12.5. The molecule has 0 aromatic heterocycles. The maximum absolute atomic E-state index is 11.3. The molecule has 2 N–H and O–H groups in total. The fourth-order valence-corrected chi connectivity index (χ4v) is 1.10. The molecule has 0 atom stereocenters. The van der Waals surface area contributed by atoms with Crippen LogP contribution < -0.4 is 10.6 Å². The minimum atomic E-state index is -0.291. The van der Waals surface area contributed by atoms with Crippen molar-refractivity contribution >= 4 is 24.4 Å². The van der Waals surface area contributed by atoms with Gasteiger partial charge in [-0.15, -0.1) is 5.73 Å². The van der Waals surface area contributed by atoms with Crippen LogP contribution in [0.25, 0.3) is 0 Å². The van der Waals surface area contributed by atoms with E-state index in [9.17, 15) is 9.59 Å². The minimum Gasteiger partial charge on any atom is -0.354 e. The van der Waals surface area contributed by atoms with Crippen molar-refractivity contribution in [2.45, 2.75) is 0 Å². The van der Waals surface area contributed by atoms with Gasteiger partial charge in [-0.1, -0.05) is 6.08 Å². The molecule has 1 aliphatic carbocycles. The molecule has 0 radical (unpaired) electrons. The minimum absolute atomic E-state index is 0.0222. The number of hydrogen-bond acceptors (Lipinski definition) is 3. The summed E-state index contributed by atoms with van der Waals surface area (Å²) in [5.41, 5.74) is 3.19. The van der Waals surface area contributed by atoms with E-state index in [4.69, 9.17) is 0 Å². The van der Waals surface area contributed by atoms with Gasteiger partial charge in [0.2, 0.25) is 5.91 Å². The van der Waals surface area contributed by atoms with E-state index in [1.165, 1.54) is 0 Å². The third-order valence-corrected chi connectivity index (χ3v) is 1.91. The van der Waals surface area contributed by atoms with Crippen LogP contribution in [0.2, 0.25) is 0 Å². The van der Waals surface area contributed by atoms with E-state index < -0.39 is 0 Å². The van der Waals surface area contributed by atoms with Gasteiger partial charge in [-0.25, -0.2) is 0 Å². The predicted molar refractivity (Wildman–Crippen MR) is 60.6 cm³/mol. The zero-order chi connectivity index (χ0) is 11.1. The Kier molecular flexibility index (Phi) is 4.74. The highest BCUT2D eigenvalue weighted by atomic mass is 32.1. The van der Waals surface area contributed by atoms with Gasteiger partial charge in [-0.3, -0.25) is 9.59 Å². The van der Waals surface area contributed by atoms with Gasteiger partial charge in [-0.05, 0) is 12.2 Å². The molecular weight excluding hydrogens is 212 g/mol. The Labute approximate surface area is 93.5 Å². The average molecular weight is 224 g/mol. The third-order valence-electron chi connectivity index (χ3n) is 1.69. The quantitative estimate of drug-likeness (QED) is 0.447. The van der Waals surface area contributed by atoms with E-state index in [1.54, 1.807) is 18.2 Å². The molecule has 0 bridgehead atoms. The van der Waals surface area contributed by atoms with Crippen LogP contribution in [0.5, 0.6) is 0 Å². The molecule has 0 aromatic rings. The fourth-order valence-electron chi connectivity index (χ4n) is 0.985. The molecule has 0 saturated heterocycles. The highest BCUT2D eigenvalue weighted by Crippen LogP contribution is 2.00. The van der Waals surface area contributed by atoms with Gasteiger partial charge in [0, 0.05) is 12.3 Å². The molecule has 0 spiro atoms. The van der Waals surface area contributed by atoms with Crippen molar-refractivity contribution in [3.05, 3.63) is 29.5 Å². The Hall–Kier alpha value is -1.45. The van der Waals surface area contributed by atoms with Crippen molar-refractivity contribution in [2.75, 3.05) is 18.8 Å². The van der Waals surface area contributed by atoms with Crippen LogP contribution in [0.15, 0.2) is 29.5 Å². The Bertz CT molecular complexity index is 354. The summed E-state index contributed by atoms with van der Waals surface area (Å²) in [5, 5.41) is 5.08. The predicted octanol–water partition coefficient (Wildman–Crippen LogP) is -0.200. The number of rotatable bonds is 5. The van der Waals surface area contributed by atoms with Gasteiger partial charge in [0.05, 0.1) is 12.1 Å². The van der Waals surface area contributed by atoms with Crippen LogP contribution in [-0.4, -0.2) is 30.7 Å². The summed E-state index contributed by atoms with van der Waals surface area (Å²) in [6.45, 7) is 0.478. The molecule has 0 aliphatic heterocycles. The summed E-state index contributed by atoms with van der Waals surface area (Å²) >= 11 is 3.95. The number of allylic oxidation sites excluding steroid dienone is 1. The maximum Gasteiger partial charge on any atom is 0.259 e. The summed E-state index contributed by atoms with van der Waals surface area (Å²) in [4.78, 5) is 22.5. The van der Waals surface area contributed by atoms with E-state index in [-0.39, 0.29) is 18.4 Å². The molecule has 0 fully saturated rings. The Morgan fingerprint density at radius 1 is 1.40 bits per heavy atom. The molecule has 0 heterocycles. The van der Waals surface area contributed by atoms with Gasteiger partial charge in [0.15, 0.2) is 0 Å². The van der Waals surface area contributed by atoms with Gasteiger partial charge in [-0.2, -0.15) is 12.6 Å². The number of amides is 2. The number of nitrogens with one attached hydrogen (secondary N) is 2. The molecule has 1 aliphatic rings. The second kappa shape index (κ2) is 6.11. The van der Waals surface area contributed by atoms with Crippen LogP contribution in [0, 0.1) is 0 Å². The first kappa shape index (κ1) is 11.6. The highest BCUT2D eigenvalue weighted by molar-refractivity contribution is 7.80. The Morgan fingerprint density at radius 3 is 2.80 bits per heavy atom. The topological polar surface area (TPSA) is 58.2 Å². The average Bonchev–Trinajstić information content (AvgIpc) is 2.76. The largest absolute Gasteiger partial charge is 0.354 e. The van der Waals surface area contributed by atoms with Crippen LogP contribution in [-0.2, 0) is 9.59 Å². The second-order valence-electron chi connectivity index (χ2n) is 2.84. The first-order chi connectivity index (χ1) is 7.24.